The van der Waals surface area contributed by atoms with Crippen molar-refractivity contribution < 1.29 is 13.2 Å². The molecule has 7 heteroatoms. The van der Waals surface area contributed by atoms with Gasteiger partial charge in [0.15, 0.2) is 0 Å². The molecule has 0 unspecified atom stereocenters. The van der Waals surface area contributed by atoms with Gasteiger partial charge >= 0.3 is 0 Å². The van der Waals surface area contributed by atoms with E-state index in [0.717, 1.165) is 19.3 Å². The zero-order chi connectivity index (χ0) is 14.9. The van der Waals surface area contributed by atoms with E-state index < -0.39 is 10.0 Å². The predicted octanol–water partition coefficient (Wildman–Crippen LogP) is 1.98. The number of rotatable bonds is 5. The molecule has 0 aliphatic heterocycles. The van der Waals surface area contributed by atoms with Crippen LogP contribution >= 0.6 is 11.6 Å². The van der Waals surface area contributed by atoms with Crippen molar-refractivity contribution >= 4 is 21.6 Å². The summed E-state index contributed by atoms with van der Waals surface area (Å²) in [6.07, 6.45) is 2.84. The molecule has 1 saturated carbocycles. The van der Waals surface area contributed by atoms with Crippen LogP contribution in [0.25, 0.3) is 0 Å². The monoisotopic (exact) mass is 318 g/mol. The first-order valence-corrected chi connectivity index (χ1v) is 8.28. The summed E-state index contributed by atoms with van der Waals surface area (Å²) in [7, 11) is -0.594. The summed E-state index contributed by atoms with van der Waals surface area (Å²) < 4.78 is 32.1. The Balaban J connectivity index is 2.52. The molecule has 0 aromatic heterocycles. The van der Waals surface area contributed by atoms with E-state index in [1.807, 2.05) is 0 Å². The molecule has 1 aromatic rings. The Labute approximate surface area is 124 Å². The van der Waals surface area contributed by atoms with Gasteiger partial charge < -0.3 is 10.5 Å². The second-order valence-electron chi connectivity index (χ2n) is 4.91. The zero-order valence-electron chi connectivity index (χ0n) is 11.6. The fraction of sp³-hybridized carbons (Fsp3) is 0.538. The molecule has 0 bridgehead atoms. The van der Waals surface area contributed by atoms with Gasteiger partial charge in [0.05, 0.1) is 7.11 Å². The maximum absolute atomic E-state index is 12.7. The van der Waals surface area contributed by atoms with Crippen LogP contribution in [-0.2, 0) is 16.6 Å². The molecule has 5 nitrogen and oxygen atoms in total. The lowest BCUT2D eigenvalue weighted by Crippen LogP contribution is -2.41. The normalized spacial score (nSPS) is 16.2. The smallest absolute Gasteiger partial charge is 0.246 e. The second-order valence-corrected chi connectivity index (χ2v) is 7.31. The van der Waals surface area contributed by atoms with Crippen molar-refractivity contribution in [3.63, 3.8) is 0 Å². The molecule has 2 N–H and O–H groups in total. The topological polar surface area (TPSA) is 72.6 Å². The Bertz CT molecular complexity index is 600. The van der Waals surface area contributed by atoms with E-state index in [1.165, 1.54) is 17.5 Å². The van der Waals surface area contributed by atoms with Gasteiger partial charge in [-0.1, -0.05) is 18.0 Å². The van der Waals surface area contributed by atoms with Crippen LogP contribution in [0.4, 0.5) is 0 Å². The molecule has 2 rings (SSSR count). The largest absolute Gasteiger partial charge is 0.495 e. The van der Waals surface area contributed by atoms with Gasteiger partial charge in [-0.05, 0) is 25.0 Å². The van der Waals surface area contributed by atoms with Gasteiger partial charge in [0, 0.05) is 30.2 Å². The van der Waals surface area contributed by atoms with E-state index in [9.17, 15) is 8.42 Å². The first kappa shape index (κ1) is 15.6. The van der Waals surface area contributed by atoms with Crippen LogP contribution in [0.2, 0.25) is 5.02 Å². The van der Waals surface area contributed by atoms with Crippen LogP contribution in [0.1, 0.15) is 24.8 Å². The summed E-state index contributed by atoms with van der Waals surface area (Å²) in [4.78, 5) is 0.0855. The lowest BCUT2D eigenvalue weighted by atomic mass is 9.94. The van der Waals surface area contributed by atoms with E-state index in [2.05, 4.69) is 0 Å². The lowest BCUT2D eigenvalue weighted by Gasteiger charge is -2.34. The summed E-state index contributed by atoms with van der Waals surface area (Å²) >= 11 is 6.00. The van der Waals surface area contributed by atoms with Gasteiger partial charge in [-0.25, -0.2) is 8.42 Å². The van der Waals surface area contributed by atoms with Crippen molar-refractivity contribution in [2.45, 2.75) is 36.7 Å². The minimum Gasteiger partial charge on any atom is -0.495 e. The third-order valence-corrected chi connectivity index (χ3v) is 5.90. The van der Waals surface area contributed by atoms with Gasteiger partial charge in [-0.3, -0.25) is 0 Å². The molecule has 0 spiro atoms. The third-order valence-electron chi connectivity index (χ3n) is 3.77. The second kappa shape index (κ2) is 5.89. The van der Waals surface area contributed by atoms with Crippen molar-refractivity contribution in [3.8, 4) is 5.75 Å². The summed E-state index contributed by atoms with van der Waals surface area (Å²) in [5, 5.41) is 0.340. The summed E-state index contributed by atoms with van der Waals surface area (Å²) in [6, 6.07) is 3.11. The van der Waals surface area contributed by atoms with Crippen molar-refractivity contribution in [3.05, 3.63) is 22.7 Å². The van der Waals surface area contributed by atoms with Crippen molar-refractivity contribution in [2.24, 2.45) is 5.73 Å². The van der Waals surface area contributed by atoms with Crippen LogP contribution in [0, 0.1) is 0 Å². The van der Waals surface area contributed by atoms with Crippen LogP contribution < -0.4 is 10.5 Å². The van der Waals surface area contributed by atoms with Crippen LogP contribution in [0.3, 0.4) is 0 Å². The molecule has 1 fully saturated rings. The highest BCUT2D eigenvalue weighted by Crippen LogP contribution is 2.36. The number of halogens is 1. The van der Waals surface area contributed by atoms with Crippen LogP contribution in [0.15, 0.2) is 17.0 Å². The zero-order valence-corrected chi connectivity index (χ0v) is 13.2. The molecule has 1 aliphatic carbocycles. The van der Waals surface area contributed by atoms with Crippen molar-refractivity contribution in [1.82, 2.24) is 4.31 Å². The SMILES string of the molecule is COc1c(CN)cc(Cl)cc1S(=O)(=O)N(C)C1CCC1. The highest BCUT2D eigenvalue weighted by molar-refractivity contribution is 7.89. The molecule has 0 amide bonds. The van der Waals surface area contributed by atoms with E-state index in [4.69, 9.17) is 22.1 Å². The standard InChI is InChI=1S/C13H19ClN2O3S/c1-16(11-4-3-5-11)20(17,18)12-7-10(14)6-9(8-15)13(12)19-2/h6-7,11H,3-5,8,15H2,1-2H3. The highest BCUT2D eigenvalue weighted by atomic mass is 35.5. The highest BCUT2D eigenvalue weighted by Gasteiger charge is 2.34. The molecule has 0 radical (unpaired) electrons. The summed E-state index contributed by atoms with van der Waals surface area (Å²) in [5.74, 6) is 0.281. The average Bonchev–Trinajstić information content (AvgIpc) is 2.35. The first-order valence-electron chi connectivity index (χ1n) is 6.46. The van der Waals surface area contributed by atoms with Crippen LogP contribution in [-0.4, -0.2) is 32.9 Å². The molecule has 0 heterocycles. The summed E-state index contributed by atoms with van der Waals surface area (Å²) in [5.41, 5.74) is 6.22. The molecular weight excluding hydrogens is 300 g/mol. The van der Waals surface area contributed by atoms with E-state index in [-0.39, 0.29) is 23.2 Å². The Morgan fingerprint density at radius 3 is 2.55 bits per heavy atom. The van der Waals surface area contributed by atoms with E-state index >= 15 is 0 Å². The Kier molecular flexibility index (Phi) is 4.59. The van der Waals surface area contributed by atoms with E-state index in [0.29, 0.717) is 10.6 Å². The van der Waals surface area contributed by atoms with Gasteiger partial charge in [0.1, 0.15) is 10.6 Å². The minimum absolute atomic E-state index is 0.0602. The number of hydrogen-bond donors (Lipinski definition) is 1. The van der Waals surface area contributed by atoms with Gasteiger partial charge in [-0.2, -0.15) is 4.31 Å². The van der Waals surface area contributed by atoms with Gasteiger partial charge in [0.25, 0.3) is 0 Å². The fourth-order valence-electron chi connectivity index (χ4n) is 2.30. The lowest BCUT2D eigenvalue weighted by molar-refractivity contribution is 0.249. The predicted molar refractivity (Wildman–Crippen MR) is 78.5 cm³/mol. The number of nitrogens with two attached hydrogens (primary N) is 1. The Morgan fingerprint density at radius 1 is 1.45 bits per heavy atom. The van der Waals surface area contributed by atoms with Gasteiger partial charge in [0.2, 0.25) is 10.0 Å². The third kappa shape index (κ3) is 2.65. The maximum atomic E-state index is 12.7. The number of hydrogen-bond acceptors (Lipinski definition) is 4. The number of methoxy groups -OCH3 is 1. The molecule has 20 heavy (non-hydrogen) atoms. The fourth-order valence-corrected chi connectivity index (χ4v) is 4.24. The number of ether oxygens (including phenoxy) is 1. The molecule has 1 aromatic carbocycles. The number of benzene rings is 1. The summed E-state index contributed by atoms with van der Waals surface area (Å²) in [6.45, 7) is 0.166. The van der Waals surface area contributed by atoms with Gasteiger partial charge in [-0.15, -0.1) is 0 Å². The minimum atomic E-state index is -3.63. The molecule has 0 atom stereocenters. The molecule has 0 saturated heterocycles. The average molecular weight is 319 g/mol. The van der Waals surface area contributed by atoms with Crippen molar-refractivity contribution in [2.75, 3.05) is 14.2 Å². The van der Waals surface area contributed by atoms with E-state index in [1.54, 1.807) is 13.1 Å². The number of sulfonamides is 1. The Morgan fingerprint density at radius 2 is 2.10 bits per heavy atom. The first-order chi connectivity index (χ1) is 9.41. The maximum Gasteiger partial charge on any atom is 0.246 e. The Hall–Kier alpha value is -0.820. The number of nitrogens with zero attached hydrogens (tertiary/aromatic N) is 1. The quantitative estimate of drug-likeness (QED) is 0.901. The molecular formula is C13H19ClN2O3S. The molecule has 1 aliphatic rings. The van der Waals surface area contributed by atoms with Crippen molar-refractivity contribution in [1.29, 1.82) is 0 Å². The molecule has 112 valence electrons. The van der Waals surface area contributed by atoms with Crippen LogP contribution in [0.5, 0.6) is 5.75 Å².